The molecule has 4 rings (SSSR count). The van der Waals surface area contributed by atoms with Crippen molar-refractivity contribution < 1.29 is 31.3 Å². The van der Waals surface area contributed by atoms with Crippen molar-refractivity contribution in [2.24, 2.45) is 0 Å². The summed E-state index contributed by atoms with van der Waals surface area (Å²) in [5.74, 6) is -2.91. The van der Waals surface area contributed by atoms with Gasteiger partial charge in [-0.05, 0) is 6.07 Å². The van der Waals surface area contributed by atoms with Gasteiger partial charge in [0.05, 0.1) is 18.7 Å². The summed E-state index contributed by atoms with van der Waals surface area (Å²) in [5, 5.41) is 6.39. The smallest absolute Gasteiger partial charge is 0.304 e. The van der Waals surface area contributed by atoms with Crippen LogP contribution in [0.2, 0.25) is 0 Å². The maximum atomic E-state index is 13.6. The molecule has 1 fully saturated rings. The molecule has 1 N–H and O–H groups in total. The average molecular weight is 471 g/mol. The molecule has 1 amide bonds. The molecular weight excluding hydrogens is 448 g/mol. The highest BCUT2D eigenvalue weighted by molar-refractivity contribution is 7.90. The summed E-state index contributed by atoms with van der Waals surface area (Å²) in [6.07, 6.45) is 0.692. The second-order valence-corrected chi connectivity index (χ2v) is 10.5. The molecule has 13 heteroatoms. The fourth-order valence-corrected chi connectivity index (χ4v) is 4.99. The number of rotatable bonds is 4. The van der Waals surface area contributed by atoms with Crippen molar-refractivity contribution in [3.63, 3.8) is 0 Å². The summed E-state index contributed by atoms with van der Waals surface area (Å²) in [5.41, 5.74) is -0.252. The number of carbonyl (C=O) groups excluding carboxylic acids is 1. The number of fused-ring (bicyclic) bond motifs is 1. The van der Waals surface area contributed by atoms with E-state index in [9.17, 15) is 22.0 Å². The first-order valence-electron chi connectivity index (χ1n) is 9.94. The van der Waals surface area contributed by atoms with E-state index in [1.54, 1.807) is 6.07 Å². The third-order valence-electron chi connectivity index (χ3n) is 5.13. The molecule has 0 unspecified atom stereocenters. The summed E-state index contributed by atoms with van der Waals surface area (Å²) in [4.78, 5) is 16.8. The lowest BCUT2D eigenvalue weighted by Gasteiger charge is -2.32. The van der Waals surface area contributed by atoms with E-state index in [2.05, 4.69) is 15.5 Å². The number of pyridine rings is 1. The first-order valence-corrected chi connectivity index (χ1v) is 11.3. The minimum Gasteiger partial charge on any atom is -0.474 e. The van der Waals surface area contributed by atoms with Gasteiger partial charge < -0.3 is 14.6 Å². The molecule has 4 heterocycles. The van der Waals surface area contributed by atoms with Crippen molar-refractivity contribution in [3.05, 3.63) is 29.7 Å². The number of ether oxygens (including phenoxy) is 1. The maximum absolute atomic E-state index is 13.6. The largest absolute Gasteiger partial charge is 0.474 e. The van der Waals surface area contributed by atoms with E-state index in [1.807, 2.05) is 20.8 Å². The van der Waals surface area contributed by atoms with Gasteiger partial charge in [-0.1, -0.05) is 25.9 Å². The Morgan fingerprint density at radius 3 is 2.62 bits per heavy atom. The number of nitrogens with one attached hydrogen (secondary N) is 1. The van der Waals surface area contributed by atoms with Crippen molar-refractivity contribution >= 4 is 27.6 Å². The van der Waals surface area contributed by atoms with E-state index < -0.39 is 35.0 Å². The highest BCUT2D eigenvalue weighted by Crippen LogP contribution is 2.36. The topological polar surface area (TPSA) is 118 Å². The van der Waals surface area contributed by atoms with Gasteiger partial charge in [-0.25, -0.2) is 18.1 Å². The van der Waals surface area contributed by atoms with Crippen LogP contribution in [-0.2, 0) is 15.6 Å². The molecule has 0 aliphatic carbocycles. The van der Waals surface area contributed by atoms with Gasteiger partial charge in [0.15, 0.2) is 5.82 Å². The molecule has 2 aliphatic rings. The maximum Gasteiger partial charge on any atom is 0.304 e. The second-order valence-electron chi connectivity index (χ2n) is 8.70. The molecule has 2 aliphatic heterocycles. The summed E-state index contributed by atoms with van der Waals surface area (Å²) >= 11 is 0. The Kier molecular flexibility index (Phi) is 5.36. The van der Waals surface area contributed by atoms with Crippen molar-refractivity contribution in [3.8, 4) is 5.88 Å². The van der Waals surface area contributed by atoms with Gasteiger partial charge in [0.25, 0.3) is 11.8 Å². The van der Waals surface area contributed by atoms with Crippen LogP contribution in [0.15, 0.2) is 22.9 Å². The summed E-state index contributed by atoms with van der Waals surface area (Å²) in [6.45, 7) is 4.51. The van der Waals surface area contributed by atoms with Crippen LogP contribution in [0.5, 0.6) is 5.88 Å². The van der Waals surface area contributed by atoms with Crippen molar-refractivity contribution in [1.29, 1.82) is 0 Å². The zero-order chi connectivity index (χ0) is 23.3. The molecule has 0 aromatic carbocycles. The third-order valence-corrected chi connectivity index (χ3v) is 7.03. The highest BCUT2D eigenvalue weighted by Gasteiger charge is 2.46. The number of aromatic nitrogens is 2. The van der Waals surface area contributed by atoms with Crippen molar-refractivity contribution in [1.82, 2.24) is 14.4 Å². The molecule has 1 saturated heterocycles. The molecule has 0 spiro atoms. The number of hydrogen-bond acceptors (Lipinski definition) is 7. The van der Waals surface area contributed by atoms with Gasteiger partial charge in [-0.15, -0.1) is 0 Å². The molecule has 0 bridgehead atoms. The zero-order valence-electron chi connectivity index (χ0n) is 17.8. The average Bonchev–Trinajstić information content (AvgIpc) is 3.33. The fraction of sp³-hybridized carbons (Fsp3) is 0.526. The van der Waals surface area contributed by atoms with Crippen LogP contribution < -0.4 is 14.4 Å². The second kappa shape index (κ2) is 7.66. The number of amides is 1. The standard InChI is InChI=1S/C19H23F2N5O5S/c1-18(2,3)14-9-15(24-31-14)23-16(27)12-8-13-17(22-10-12)30-7-6-26(13)32(28,29)25-5-4-19(20,21)11-25/h8-10H,4-7,11H2,1-3H3,(H,23,24,27). The zero-order valence-corrected chi connectivity index (χ0v) is 18.6. The summed E-state index contributed by atoms with van der Waals surface area (Å²) < 4.78 is 65.6. The quantitative estimate of drug-likeness (QED) is 0.728. The highest BCUT2D eigenvalue weighted by atomic mass is 32.2. The molecule has 0 saturated carbocycles. The van der Waals surface area contributed by atoms with Gasteiger partial charge >= 0.3 is 10.2 Å². The predicted octanol–water partition coefficient (Wildman–Crippen LogP) is 2.40. The monoisotopic (exact) mass is 471 g/mol. The number of nitrogens with zero attached hydrogens (tertiary/aromatic N) is 4. The van der Waals surface area contributed by atoms with Crippen LogP contribution in [0.25, 0.3) is 0 Å². The molecule has 0 atom stereocenters. The Morgan fingerprint density at radius 1 is 1.25 bits per heavy atom. The van der Waals surface area contributed by atoms with Crippen LogP contribution >= 0.6 is 0 Å². The normalized spacial score (nSPS) is 18.8. The molecule has 2 aromatic rings. The van der Waals surface area contributed by atoms with Gasteiger partial charge in [0.2, 0.25) is 5.88 Å². The number of hydrogen-bond donors (Lipinski definition) is 1. The Bertz CT molecular complexity index is 1150. The van der Waals surface area contributed by atoms with Gasteiger partial charge in [0, 0.05) is 30.6 Å². The molecule has 174 valence electrons. The van der Waals surface area contributed by atoms with E-state index in [0.29, 0.717) is 5.76 Å². The first kappa shape index (κ1) is 22.4. The van der Waals surface area contributed by atoms with Crippen LogP contribution in [0, 0.1) is 0 Å². The van der Waals surface area contributed by atoms with E-state index in [4.69, 9.17) is 9.26 Å². The SMILES string of the molecule is CC(C)(C)c1cc(NC(=O)c2cnc3c(c2)N(S(=O)(=O)N2CCC(F)(F)C2)CCO3)no1. The van der Waals surface area contributed by atoms with Crippen LogP contribution in [-0.4, -0.2) is 60.9 Å². The first-order chi connectivity index (χ1) is 14.9. The lowest BCUT2D eigenvalue weighted by molar-refractivity contribution is 0.0183. The molecule has 0 radical (unpaired) electrons. The fourth-order valence-electron chi connectivity index (χ4n) is 3.36. The minimum absolute atomic E-state index is 0.00112. The van der Waals surface area contributed by atoms with Gasteiger partial charge in [0.1, 0.15) is 18.1 Å². The van der Waals surface area contributed by atoms with Crippen molar-refractivity contribution in [2.75, 3.05) is 35.9 Å². The Labute approximate surface area is 183 Å². The van der Waals surface area contributed by atoms with Crippen LogP contribution in [0.1, 0.15) is 43.3 Å². The van der Waals surface area contributed by atoms with E-state index in [0.717, 1.165) is 8.61 Å². The predicted molar refractivity (Wildman–Crippen MR) is 110 cm³/mol. The van der Waals surface area contributed by atoms with Crippen LogP contribution in [0.3, 0.4) is 0 Å². The summed E-state index contributed by atoms with van der Waals surface area (Å²) in [6, 6.07) is 2.89. The summed E-state index contributed by atoms with van der Waals surface area (Å²) in [7, 11) is -4.25. The molecule has 10 nitrogen and oxygen atoms in total. The minimum atomic E-state index is -4.25. The van der Waals surface area contributed by atoms with E-state index in [1.165, 1.54) is 12.3 Å². The van der Waals surface area contributed by atoms with Crippen molar-refractivity contribution in [2.45, 2.75) is 38.5 Å². The lowest BCUT2D eigenvalue weighted by atomic mass is 9.93. The number of carbonyl (C=O) groups is 1. The molecular formula is C19H23F2N5O5S. The molecule has 32 heavy (non-hydrogen) atoms. The Hall–Kier alpha value is -2.80. The van der Waals surface area contributed by atoms with Crippen LogP contribution in [0.4, 0.5) is 20.3 Å². The molecule has 2 aromatic heterocycles. The third kappa shape index (κ3) is 4.26. The lowest BCUT2D eigenvalue weighted by Crippen LogP contribution is -2.47. The number of halogens is 2. The van der Waals surface area contributed by atoms with E-state index in [-0.39, 0.29) is 48.1 Å². The van der Waals surface area contributed by atoms with Gasteiger partial charge in [-0.2, -0.15) is 12.7 Å². The van der Waals surface area contributed by atoms with E-state index >= 15 is 0 Å². The Morgan fingerprint density at radius 2 is 2.00 bits per heavy atom. The number of anilines is 2. The number of alkyl halides is 2. The Balaban J connectivity index is 1.59. The van der Waals surface area contributed by atoms with Gasteiger partial charge in [-0.3, -0.25) is 4.79 Å².